The zero-order chi connectivity index (χ0) is 6.85. The molecule has 1 aliphatic heterocycles. The Kier molecular flexibility index (Phi) is 1.34. The minimum atomic E-state index is 0.299. The first kappa shape index (κ1) is 6.01. The van der Waals surface area contributed by atoms with Gasteiger partial charge in [-0.2, -0.15) is 0 Å². The Morgan fingerprint density at radius 1 is 1.67 bits per heavy atom. The first-order valence-corrected chi connectivity index (χ1v) is 2.77. The maximum absolute atomic E-state index is 9.00. The van der Waals surface area contributed by atoms with E-state index in [2.05, 4.69) is 5.43 Å². The molecule has 50 valence electrons. The van der Waals surface area contributed by atoms with E-state index in [4.69, 9.17) is 5.11 Å². The lowest BCUT2D eigenvalue weighted by molar-refractivity contribution is 0.325. The number of nitrogens with one attached hydrogen (secondary N) is 1. The molecule has 0 saturated carbocycles. The van der Waals surface area contributed by atoms with E-state index in [0.29, 0.717) is 5.76 Å². The highest BCUT2D eigenvalue weighted by molar-refractivity contribution is 5.18. The average molecular weight is 126 g/mol. The molecule has 0 bridgehead atoms. The second kappa shape index (κ2) is 2.01. The Balaban J connectivity index is 2.75. The predicted octanol–water partition coefficient (Wildman–Crippen LogP) is 0.740. The van der Waals surface area contributed by atoms with Gasteiger partial charge in [0.15, 0.2) is 0 Å². The molecule has 0 unspecified atom stereocenters. The molecule has 0 aromatic rings. The SMILES string of the molecule is CC1=C(O)C=CN(C)N1. The predicted molar refractivity (Wildman–Crippen MR) is 35.4 cm³/mol. The molecule has 0 saturated heterocycles. The fourth-order valence-corrected chi connectivity index (χ4v) is 0.666. The van der Waals surface area contributed by atoms with Crippen LogP contribution in [0.5, 0.6) is 0 Å². The molecule has 0 fully saturated rings. The van der Waals surface area contributed by atoms with Crippen LogP contribution in [-0.4, -0.2) is 17.2 Å². The summed E-state index contributed by atoms with van der Waals surface area (Å²) < 4.78 is 0. The maximum Gasteiger partial charge on any atom is 0.137 e. The van der Waals surface area contributed by atoms with Gasteiger partial charge in [0, 0.05) is 13.2 Å². The molecule has 3 nitrogen and oxygen atoms in total. The van der Waals surface area contributed by atoms with E-state index in [1.807, 2.05) is 14.0 Å². The number of allylic oxidation sites excluding steroid dienone is 2. The Labute approximate surface area is 54.3 Å². The van der Waals surface area contributed by atoms with Gasteiger partial charge in [-0.25, -0.2) is 0 Å². The molecule has 9 heavy (non-hydrogen) atoms. The van der Waals surface area contributed by atoms with E-state index in [9.17, 15) is 0 Å². The van der Waals surface area contributed by atoms with E-state index in [1.165, 1.54) is 0 Å². The summed E-state index contributed by atoms with van der Waals surface area (Å²) in [6.45, 7) is 1.81. The van der Waals surface area contributed by atoms with Crippen LogP contribution in [0.4, 0.5) is 0 Å². The van der Waals surface area contributed by atoms with Crippen LogP contribution in [0.15, 0.2) is 23.7 Å². The summed E-state index contributed by atoms with van der Waals surface area (Å²) in [6, 6.07) is 0. The third-order valence-corrected chi connectivity index (χ3v) is 1.18. The second-order valence-electron chi connectivity index (χ2n) is 2.05. The number of aliphatic hydroxyl groups excluding tert-OH is 1. The largest absolute Gasteiger partial charge is 0.506 e. The van der Waals surface area contributed by atoms with Gasteiger partial charge in [0.05, 0.1) is 5.70 Å². The molecule has 1 aliphatic rings. The summed E-state index contributed by atoms with van der Waals surface area (Å²) >= 11 is 0. The molecular formula is C6H10N2O. The van der Waals surface area contributed by atoms with Crippen LogP contribution in [0.1, 0.15) is 6.92 Å². The summed E-state index contributed by atoms with van der Waals surface area (Å²) in [7, 11) is 1.87. The van der Waals surface area contributed by atoms with Gasteiger partial charge in [-0.3, -0.25) is 10.4 Å². The van der Waals surface area contributed by atoms with Gasteiger partial charge in [-0.05, 0) is 13.0 Å². The summed E-state index contributed by atoms with van der Waals surface area (Å²) in [5.74, 6) is 0.299. The quantitative estimate of drug-likeness (QED) is 0.502. The Bertz CT molecular complexity index is 172. The van der Waals surface area contributed by atoms with E-state index < -0.39 is 0 Å². The molecule has 1 rings (SSSR count). The molecule has 1 heterocycles. The first-order valence-electron chi connectivity index (χ1n) is 2.77. The van der Waals surface area contributed by atoms with Crippen molar-refractivity contribution in [2.75, 3.05) is 7.05 Å². The number of rotatable bonds is 0. The smallest absolute Gasteiger partial charge is 0.137 e. The minimum absolute atomic E-state index is 0.299. The Morgan fingerprint density at radius 3 is 2.78 bits per heavy atom. The van der Waals surface area contributed by atoms with Crippen molar-refractivity contribution in [2.24, 2.45) is 0 Å². The zero-order valence-corrected chi connectivity index (χ0v) is 5.55. The van der Waals surface area contributed by atoms with Gasteiger partial charge in [-0.15, -0.1) is 0 Å². The highest BCUT2D eigenvalue weighted by Gasteiger charge is 2.02. The van der Waals surface area contributed by atoms with Crippen molar-refractivity contribution < 1.29 is 5.11 Å². The lowest BCUT2D eigenvalue weighted by Gasteiger charge is -2.21. The van der Waals surface area contributed by atoms with E-state index in [0.717, 1.165) is 5.70 Å². The molecule has 0 aliphatic carbocycles. The molecule has 2 N–H and O–H groups in total. The van der Waals surface area contributed by atoms with Crippen LogP contribution in [-0.2, 0) is 0 Å². The molecule has 0 amide bonds. The zero-order valence-electron chi connectivity index (χ0n) is 5.55. The fraction of sp³-hybridized carbons (Fsp3) is 0.333. The highest BCUT2D eigenvalue weighted by atomic mass is 16.3. The number of aliphatic hydroxyl groups is 1. The standard InChI is InChI=1S/C6H10N2O/c1-5-6(9)3-4-8(2)7-5/h3-4,7,9H,1-2H3. The summed E-state index contributed by atoms with van der Waals surface area (Å²) in [6.07, 6.45) is 3.40. The monoisotopic (exact) mass is 126 g/mol. The van der Waals surface area contributed by atoms with Gasteiger partial charge in [0.2, 0.25) is 0 Å². The summed E-state index contributed by atoms with van der Waals surface area (Å²) in [4.78, 5) is 0. The van der Waals surface area contributed by atoms with Crippen LogP contribution in [0, 0.1) is 0 Å². The van der Waals surface area contributed by atoms with Gasteiger partial charge in [0.25, 0.3) is 0 Å². The number of hydrazine groups is 1. The third-order valence-electron chi connectivity index (χ3n) is 1.18. The van der Waals surface area contributed by atoms with Crippen LogP contribution >= 0.6 is 0 Å². The Morgan fingerprint density at radius 2 is 2.33 bits per heavy atom. The lowest BCUT2D eigenvalue weighted by Crippen LogP contribution is -2.30. The van der Waals surface area contributed by atoms with Crippen LogP contribution in [0.25, 0.3) is 0 Å². The number of hydrogen-bond donors (Lipinski definition) is 2. The molecule has 0 atom stereocenters. The van der Waals surface area contributed by atoms with E-state index in [1.54, 1.807) is 17.3 Å². The summed E-state index contributed by atoms with van der Waals surface area (Å²) in [5.41, 5.74) is 3.68. The average Bonchev–Trinajstić information content (AvgIpc) is 1.80. The molecule has 0 aromatic heterocycles. The third kappa shape index (κ3) is 1.16. The molecule has 0 spiro atoms. The van der Waals surface area contributed by atoms with Crippen LogP contribution in [0.3, 0.4) is 0 Å². The maximum atomic E-state index is 9.00. The van der Waals surface area contributed by atoms with Gasteiger partial charge >= 0.3 is 0 Å². The van der Waals surface area contributed by atoms with Gasteiger partial charge in [0.1, 0.15) is 5.76 Å². The number of hydrogen-bond acceptors (Lipinski definition) is 3. The summed E-state index contributed by atoms with van der Waals surface area (Å²) in [5, 5.41) is 10.8. The van der Waals surface area contributed by atoms with Crippen molar-refractivity contribution >= 4 is 0 Å². The number of nitrogens with zero attached hydrogens (tertiary/aromatic N) is 1. The molecule has 0 radical (unpaired) electrons. The van der Waals surface area contributed by atoms with E-state index >= 15 is 0 Å². The van der Waals surface area contributed by atoms with Gasteiger partial charge in [-0.1, -0.05) is 0 Å². The lowest BCUT2D eigenvalue weighted by atomic mass is 10.3. The normalized spacial score (nSPS) is 18.2. The first-order chi connectivity index (χ1) is 4.20. The topological polar surface area (TPSA) is 35.5 Å². The Hall–Kier alpha value is -1.12. The van der Waals surface area contributed by atoms with Crippen molar-refractivity contribution in [1.82, 2.24) is 10.4 Å². The van der Waals surface area contributed by atoms with Crippen molar-refractivity contribution in [3.63, 3.8) is 0 Å². The van der Waals surface area contributed by atoms with Crippen molar-refractivity contribution in [2.45, 2.75) is 6.92 Å². The van der Waals surface area contributed by atoms with Crippen molar-refractivity contribution in [3.05, 3.63) is 23.7 Å². The second-order valence-corrected chi connectivity index (χ2v) is 2.05. The highest BCUT2D eigenvalue weighted by Crippen LogP contribution is 2.04. The van der Waals surface area contributed by atoms with Crippen LogP contribution < -0.4 is 5.43 Å². The van der Waals surface area contributed by atoms with Crippen molar-refractivity contribution in [1.29, 1.82) is 0 Å². The van der Waals surface area contributed by atoms with Crippen LogP contribution in [0.2, 0.25) is 0 Å². The molecule has 0 aromatic carbocycles. The molecular weight excluding hydrogens is 116 g/mol. The molecule has 3 heteroatoms. The minimum Gasteiger partial charge on any atom is -0.506 e. The van der Waals surface area contributed by atoms with Crippen molar-refractivity contribution in [3.8, 4) is 0 Å². The van der Waals surface area contributed by atoms with E-state index in [-0.39, 0.29) is 0 Å². The fourth-order valence-electron chi connectivity index (χ4n) is 0.666. The van der Waals surface area contributed by atoms with Gasteiger partial charge < -0.3 is 5.11 Å².